The van der Waals surface area contributed by atoms with Crippen molar-refractivity contribution in [3.8, 4) is 5.75 Å². The zero-order chi connectivity index (χ0) is 17.7. The van der Waals surface area contributed by atoms with Gasteiger partial charge in [-0.1, -0.05) is 18.2 Å². The number of urea groups is 1. The summed E-state index contributed by atoms with van der Waals surface area (Å²) >= 11 is 0. The molecular formula is C17H17F3N2O2. The quantitative estimate of drug-likeness (QED) is 0.808. The highest BCUT2D eigenvalue weighted by Crippen LogP contribution is 2.30. The first-order chi connectivity index (χ1) is 11.3. The molecule has 2 aromatic carbocycles. The summed E-state index contributed by atoms with van der Waals surface area (Å²) < 4.78 is 43.3. The Morgan fingerprint density at radius 2 is 1.83 bits per heavy atom. The fourth-order valence-corrected chi connectivity index (χ4v) is 2.01. The second kappa shape index (κ2) is 7.25. The van der Waals surface area contributed by atoms with Crippen molar-refractivity contribution in [3.05, 3.63) is 59.2 Å². The minimum Gasteiger partial charge on any atom is -0.473 e. The van der Waals surface area contributed by atoms with E-state index in [0.717, 1.165) is 23.3 Å². The first-order valence-corrected chi connectivity index (χ1v) is 7.18. The maximum atomic E-state index is 12.6. The summed E-state index contributed by atoms with van der Waals surface area (Å²) in [6.07, 6.45) is -4.46. The molecule has 0 unspecified atom stereocenters. The van der Waals surface area contributed by atoms with Crippen molar-refractivity contribution in [1.29, 1.82) is 0 Å². The number of halogens is 3. The number of amides is 2. The van der Waals surface area contributed by atoms with E-state index in [1.165, 1.54) is 12.1 Å². The third-order valence-corrected chi connectivity index (χ3v) is 3.46. The van der Waals surface area contributed by atoms with Gasteiger partial charge in [0.2, 0.25) is 0 Å². The average Bonchev–Trinajstić information content (AvgIpc) is 2.51. The summed E-state index contributed by atoms with van der Waals surface area (Å²) in [5.74, 6) is 0.634. The molecule has 0 aliphatic rings. The topological polar surface area (TPSA) is 50.4 Å². The first kappa shape index (κ1) is 17.7. The minimum absolute atomic E-state index is 0.0501. The molecule has 7 heteroatoms. The normalized spacial score (nSPS) is 11.0. The summed E-state index contributed by atoms with van der Waals surface area (Å²) in [5, 5.41) is 4.77. The van der Waals surface area contributed by atoms with Crippen molar-refractivity contribution < 1.29 is 22.7 Å². The number of benzene rings is 2. The van der Waals surface area contributed by atoms with Crippen LogP contribution >= 0.6 is 0 Å². The molecule has 0 aromatic heterocycles. The predicted molar refractivity (Wildman–Crippen MR) is 85.0 cm³/mol. The third-order valence-electron chi connectivity index (χ3n) is 3.46. The number of carbonyl (C=O) groups excluding carboxylic acids is 1. The SMILES string of the molecule is Cc1cccc(OCNC(=O)Nc2cccc(C(F)(F)F)c2)c1C. The molecule has 0 heterocycles. The van der Waals surface area contributed by atoms with Gasteiger partial charge in [0.15, 0.2) is 6.73 Å². The molecule has 2 N–H and O–H groups in total. The van der Waals surface area contributed by atoms with Gasteiger partial charge in [-0.05, 0) is 49.2 Å². The summed E-state index contributed by atoms with van der Waals surface area (Å²) in [5.41, 5.74) is 1.24. The number of hydrogen-bond acceptors (Lipinski definition) is 2. The molecule has 128 valence electrons. The van der Waals surface area contributed by atoms with Gasteiger partial charge >= 0.3 is 12.2 Å². The van der Waals surface area contributed by atoms with Gasteiger partial charge in [-0.3, -0.25) is 0 Å². The Hall–Kier alpha value is -2.70. The average molecular weight is 338 g/mol. The number of hydrogen-bond donors (Lipinski definition) is 2. The predicted octanol–water partition coefficient (Wildman–Crippen LogP) is 4.48. The molecule has 24 heavy (non-hydrogen) atoms. The second-order valence-electron chi connectivity index (χ2n) is 5.20. The van der Waals surface area contributed by atoms with Crippen molar-refractivity contribution >= 4 is 11.7 Å². The summed E-state index contributed by atoms with van der Waals surface area (Å²) in [7, 11) is 0. The molecule has 0 saturated carbocycles. The van der Waals surface area contributed by atoms with Crippen LogP contribution in [0.2, 0.25) is 0 Å². The summed E-state index contributed by atoms with van der Waals surface area (Å²) in [4.78, 5) is 11.7. The molecule has 2 amide bonds. The molecule has 0 bridgehead atoms. The lowest BCUT2D eigenvalue weighted by Crippen LogP contribution is -2.32. The van der Waals surface area contributed by atoms with Crippen molar-refractivity contribution in [2.45, 2.75) is 20.0 Å². The van der Waals surface area contributed by atoms with Crippen molar-refractivity contribution in [3.63, 3.8) is 0 Å². The fraction of sp³-hybridized carbons (Fsp3) is 0.235. The van der Waals surface area contributed by atoms with E-state index in [4.69, 9.17) is 4.74 Å². The first-order valence-electron chi connectivity index (χ1n) is 7.18. The molecule has 0 atom stereocenters. The standard InChI is InChI=1S/C17H17F3N2O2/c1-11-5-3-8-15(12(11)2)24-10-21-16(23)22-14-7-4-6-13(9-14)17(18,19)20/h3-9H,10H2,1-2H3,(H2,21,22,23). The maximum absolute atomic E-state index is 12.6. The van der Waals surface area contributed by atoms with E-state index in [9.17, 15) is 18.0 Å². The zero-order valence-corrected chi connectivity index (χ0v) is 13.2. The lowest BCUT2D eigenvalue weighted by Gasteiger charge is -2.13. The molecule has 0 radical (unpaired) electrons. The number of aryl methyl sites for hydroxylation is 1. The number of carbonyl (C=O) groups is 1. The molecule has 2 aromatic rings. The Bertz CT molecular complexity index is 730. The van der Waals surface area contributed by atoms with Crippen LogP contribution in [0.4, 0.5) is 23.7 Å². The zero-order valence-electron chi connectivity index (χ0n) is 13.2. The molecule has 0 spiro atoms. The lowest BCUT2D eigenvalue weighted by molar-refractivity contribution is -0.137. The highest BCUT2D eigenvalue weighted by molar-refractivity contribution is 5.89. The van der Waals surface area contributed by atoms with E-state index in [-0.39, 0.29) is 12.4 Å². The van der Waals surface area contributed by atoms with Gasteiger partial charge in [-0.2, -0.15) is 13.2 Å². The van der Waals surface area contributed by atoms with Gasteiger partial charge in [0.25, 0.3) is 0 Å². The number of anilines is 1. The Labute approximate surface area is 137 Å². The van der Waals surface area contributed by atoms with E-state index in [2.05, 4.69) is 10.6 Å². The monoisotopic (exact) mass is 338 g/mol. The van der Waals surface area contributed by atoms with Crippen LogP contribution in [0.3, 0.4) is 0 Å². The van der Waals surface area contributed by atoms with Gasteiger partial charge in [0.1, 0.15) is 5.75 Å². The molecule has 0 aliphatic heterocycles. The van der Waals surface area contributed by atoms with E-state index < -0.39 is 17.8 Å². The van der Waals surface area contributed by atoms with Crippen LogP contribution in [-0.4, -0.2) is 12.8 Å². The van der Waals surface area contributed by atoms with E-state index in [1.807, 2.05) is 26.0 Å². The third kappa shape index (κ3) is 4.65. The Morgan fingerprint density at radius 3 is 2.54 bits per heavy atom. The lowest BCUT2D eigenvalue weighted by atomic mass is 10.1. The maximum Gasteiger partial charge on any atom is 0.416 e. The number of alkyl halides is 3. The number of rotatable bonds is 4. The van der Waals surface area contributed by atoms with Gasteiger partial charge in [0.05, 0.1) is 5.56 Å². The van der Waals surface area contributed by atoms with Crippen LogP contribution in [0.1, 0.15) is 16.7 Å². The summed E-state index contributed by atoms with van der Waals surface area (Å²) in [6.45, 7) is 3.73. The van der Waals surface area contributed by atoms with Gasteiger partial charge in [0, 0.05) is 5.69 Å². The highest BCUT2D eigenvalue weighted by Gasteiger charge is 2.30. The van der Waals surface area contributed by atoms with Crippen LogP contribution in [0.25, 0.3) is 0 Å². The highest BCUT2D eigenvalue weighted by atomic mass is 19.4. The van der Waals surface area contributed by atoms with Crippen LogP contribution in [0.5, 0.6) is 5.75 Å². The largest absolute Gasteiger partial charge is 0.473 e. The molecule has 4 nitrogen and oxygen atoms in total. The van der Waals surface area contributed by atoms with Crippen LogP contribution in [-0.2, 0) is 6.18 Å². The van der Waals surface area contributed by atoms with Crippen molar-refractivity contribution in [2.75, 3.05) is 12.0 Å². The van der Waals surface area contributed by atoms with Crippen molar-refractivity contribution in [1.82, 2.24) is 5.32 Å². The molecule has 0 aliphatic carbocycles. The van der Waals surface area contributed by atoms with Gasteiger partial charge in [-0.15, -0.1) is 0 Å². The van der Waals surface area contributed by atoms with Crippen LogP contribution in [0, 0.1) is 13.8 Å². The Balaban J connectivity index is 1.89. The van der Waals surface area contributed by atoms with E-state index in [0.29, 0.717) is 5.75 Å². The second-order valence-corrected chi connectivity index (χ2v) is 5.20. The fourth-order valence-electron chi connectivity index (χ4n) is 2.01. The van der Waals surface area contributed by atoms with Crippen LogP contribution < -0.4 is 15.4 Å². The smallest absolute Gasteiger partial charge is 0.416 e. The van der Waals surface area contributed by atoms with E-state index in [1.54, 1.807) is 6.07 Å². The molecule has 0 fully saturated rings. The number of nitrogens with one attached hydrogen (secondary N) is 2. The molecule has 2 rings (SSSR count). The van der Waals surface area contributed by atoms with Gasteiger partial charge < -0.3 is 15.4 Å². The minimum atomic E-state index is -4.46. The number of ether oxygens (including phenoxy) is 1. The molecule has 0 saturated heterocycles. The Morgan fingerprint density at radius 1 is 1.12 bits per heavy atom. The summed E-state index contributed by atoms with van der Waals surface area (Å²) in [6, 6.07) is 9.30. The molecular weight excluding hydrogens is 321 g/mol. The Kier molecular flexibility index (Phi) is 5.33. The van der Waals surface area contributed by atoms with E-state index >= 15 is 0 Å². The van der Waals surface area contributed by atoms with Crippen LogP contribution in [0.15, 0.2) is 42.5 Å². The van der Waals surface area contributed by atoms with Crippen molar-refractivity contribution in [2.24, 2.45) is 0 Å². The van der Waals surface area contributed by atoms with Gasteiger partial charge in [-0.25, -0.2) is 4.79 Å².